The molecule has 0 saturated carbocycles. The Bertz CT molecular complexity index is 116. The summed E-state index contributed by atoms with van der Waals surface area (Å²) in [5, 5.41) is 7.95. The van der Waals surface area contributed by atoms with Crippen molar-refractivity contribution in [1.82, 2.24) is 0 Å². The number of alkyl halides is 2. The Balaban J connectivity index is 2.97. The molecule has 0 spiro atoms. The van der Waals surface area contributed by atoms with Crippen LogP contribution in [0.25, 0.3) is 0 Å². The van der Waals surface area contributed by atoms with E-state index in [0.29, 0.717) is 12.8 Å². The van der Waals surface area contributed by atoms with Crippen LogP contribution in [0.3, 0.4) is 0 Å². The van der Waals surface area contributed by atoms with Crippen LogP contribution >= 0.6 is 0 Å². The molecule has 0 aliphatic carbocycles. The highest BCUT2D eigenvalue weighted by Gasteiger charge is 2.01. The van der Waals surface area contributed by atoms with Gasteiger partial charge in [0.25, 0.3) is 0 Å². The Morgan fingerprint density at radius 1 is 1.45 bits per heavy atom. The maximum Gasteiger partial charge on any atom is 0.505 e. The highest BCUT2D eigenvalue weighted by atomic mass is 19.3. The summed E-state index contributed by atoms with van der Waals surface area (Å²) in [7, 11) is 0. The highest BCUT2D eigenvalue weighted by molar-refractivity contribution is 5.56. The van der Waals surface area contributed by atoms with Gasteiger partial charge in [-0.05, 0) is 12.8 Å². The highest BCUT2D eigenvalue weighted by Crippen LogP contribution is 2.05. The van der Waals surface area contributed by atoms with Crippen LogP contribution in [0.15, 0.2) is 0 Å². The third-order valence-electron chi connectivity index (χ3n) is 1.04. The first kappa shape index (κ1) is 10.1. The Morgan fingerprint density at radius 3 is 2.55 bits per heavy atom. The zero-order valence-electron chi connectivity index (χ0n) is 5.93. The molecule has 0 heterocycles. The molecule has 0 atom stereocenters. The minimum Gasteiger partial charge on any atom is -0.450 e. The molecular weight excluding hydrogens is 158 g/mol. The van der Waals surface area contributed by atoms with Gasteiger partial charge in [-0.1, -0.05) is 0 Å². The van der Waals surface area contributed by atoms with Crippen molar-refractivity contribution in [2.24, 2.45) is 0 Å². The molecule has 11 heavy (non-hydrogen) atoms. The van der Waals surface area contributed by atoms with E-state index in [1.165, 1.54) is 0 Å². The van der Waals surface area contributed by atoms with E-state index in [9.17, 15) is 13.6 Å². The normalized spacial score (nSPS) is 10.1. The number of unbranched alkanes of at least 4 members (excludes halogenated alkanes) is 1. The SMILES string of the molecule is O=C(O)OCCCCC(F)F. The summed E-state index contributed by atoms with van der Waals surface area (Å²) in [5.74, 6) is 0. The quantitative estimate of drug-likeness (QED) is 0.505. The van der Waals surface area contributed by atoms with Crippen LogP contribution in [0, 0.1) is 0 Å². The van der Waals surface area contributed by atoms with Gasteiger partial charge in [0.1, 0.15) is 0 Å². The first-order valence-corrected chi connectivity index (χ1v) is 3.27. The summed E-state index contributed by atoms with van der Waals surface area (Å²) < 4.78 is 27.0. The fourth-order valence-electron chi connectivity index (χ4n) is 0.560. The summed E-state index contributed by atoms with van der Waals surface area (Å²) in [5.41, 5.74) is 0. The molecular formula is C6H10F2O3. The largest absolute Gasteiger partial charge is 0.505 e. The van der Waals surface area contributed by atoms with Gasteiger partial charge >= 0.3 is 6.16 Å². The lowest BCUT2D eigenvalue weighted by Gasteiger charge is -1.99. The summed E-state index contributed by atoms with van der Waals surface area (Å²) in [6, 6.07) is 0. The molecule has 0 aromatic rings. The number of ether oxygens (including phenoxy) is 1. The second-order valence-electron chi connectivity index (χ2n) is 2.00. The van der Waals surface area contributed by atoms with Crippen LogP contribution in [0.2, 0.25) is 0 Å². The van der Waals surface area contributed by atoms with Crippen LogP contribution in [0.4, 0.5) is 13.6 Å². The molecule has 5 heteroatoms. The summed E-state index contributed by atoms with van der Waals surface area (Å²) in [4.78, 5) is 9.73. The first-order valence-electron chi connectivity index (χ1n) is 3.27. The maximum atomic E-state index is 11.5. The molecule has 0 rings (SSSR count). The van der Waals surface area contributed by atoms with E-state index in [-0.39, 0.29) is 13.0 Å². The van der Waals surface area contributed by atoms with Gasteiger partial charge in [-0.25, -0.2) is 13.6 Å². The number of carboxylic acid groups (broad SMARTS) is 1. The predicted octanol–water partition coefficient (Wildman–Crippen LogP) is 2.12. The lowest BCUT2D eigenvalue weighted by atomic mass is 10.2. The fourth-order valence-corrected chi connectivity index (χ4v) is 0.560. The number of halogens is 2. The van der Waals surface area contributed by atoms with E-state index in [4.69, 9.17) is 5.11 Å². The van der Waals surface area contributed by atoms with Crippen LogP contribution < -0.4 is 0 Å². The zero-order valence-corrected chi connectivity index (χ0v) is 5.93. The van der Waals surface area contributed by atoms with Gasteiger partial charge in [0.05, 0.1) is 6.61 Å². The Morgan fingerprint density at radius 2 is 2.09 bits per heavy atom. The number of hydrogen-bond donors (Lipinski definition) is 1. The Labute approximate surface area is 63.0 Å². The van der Waals surface area contributed by atoms with Crippen LogP contribution in [0.5, 0.6) is 0 Å². The lowest BCUT2D eigenvalue weighted by molar-refractivity contribution is 0.0866. The molecule has 0 saturated heterocycles. The molecule has 0 bridgehead atoms. The second-order valence-corrected chi connectivity index (χ2v) is 2.00. The summed E-state index contributed by atoms with van der Waals surface area (Å²) in [6.45, 7) is 0.00204. The van der Waals surface area contributed by atoms with Crippen LogP contribution in [0.1, 0.15) is 19.3 Å². The standard InChI is InChI=1S/C6H10F2O3/c7-5(8)3-1-2-4-11-6(9)10/h5H,1-4H2,(H,9,10). The molecule has 0 fully saturated rings. The van der Waals surface area contributed by atoms with Gasteiger partial charge in [-0.2, -0.15) is 0 Å². The van der Waals surface area contributed by atoms with E-state index < -0.39 is 12.6 Å². The molecule has 1 N–H and O–H groups in total. The van der Waals surface area contributed by atoms with Gasteiger partial charge in [-0.15, -0.1) is 0 Å². The van der Waals surface area contributed by atoms with Crippen molar-refractivity contribution in [3.05, 3.63) is 0 Å². The van der Waals surface area contributed by atoms with Crippen LogP contribution in [-0.2, 0) is 4.74 Å². The van der Waals surface area contributed by atoms with E-state index in [1.807, 2.05) is 0 Å². The molecule has 0 aliphatic rings. The topological polar surface area (TPSA) is 46.5 Å². The maximum absolute atomic E-state index is 11.5. The molecule has 0 amide bonds. The average molecular weight is 168 g/mol. The third-order valence-corrected chi connectivity index (χ3v) is 1.04. The predicted molar refractivity (Wildman–Crippen MR) is 33.8 cm³/mol. The molecule has 0 aliphatic heterocycles. The summed E-state index contributed by atoms with van der Waals surface area (Å²) >= 11 is 0. The van der Waals surface area contributed by atoms with Gasteiger partial charge in [-0.3, -0.25) is 0 Å². The van der Waals surface area contributed by atoms with Gasteiger partial charge in [0, 0.05) is 6.42 Å². The van der Waals surface area contributed by atoms with Gasteiger partial charge in [0.15, 0.2) is 0 Å². The van der Waals surface area contributed by atoms with E-state index in [2.05, 4.69) is 4.74 Å². The number of hydrogen-bond acceptors (Lipinski definition) is 2. The van der Waals surface area contributed by atoms with Crippen molar-refractivity contribution in [2.45, 2.75) is 25.7 Å². The van der Waals surface area contributed by atoms with Crippen molar-refractivity contribution in [1.29, 1.82) is 0 Å². The Kier molecular flexibility index (Phi) is 5.42. The minimum atomic E-state index is -2.31. The molecule has 66 valence electrons. The number of carbonyl (C=O) groups is 1. The van der Waals surface area contributed by atoms with Crippen molar-refractivity contribution < 1.29 is 23.4 Å². The van der Waals surface area contributed by atoms with E-state index >= 15 is 0 Å². The second kappa shape index (κ2) is 5.88. The van der Waals surface area contributed by atoms with Crippen molar-refractivity contribution in [3.8, 4) is 0 Å². The smallest absolute Gasteiger partial charge is 0.450 e. The monoisotopic (exact) mass is 168 g/mol. The molecule has 0 aromatic carbocycles. The molecule has 0 radical (unpaired) electrons. The zero-order chi connectivity index (χ0) is 8.69. The average Bonchev–Trinajstić information content (AvgIpc) is 1.85. The van der Waals surface area contributed by atoms with E-state index in [1.54, 1.807) is 0 Å². The van der Waals surface area contributed by atoms with Crippen molar-refractivity contribution in [3.63, 3.8) is 0 Å². The van der Waals surface area contributed by atoms with Gasteiger partial charge < -0.3 is 9.84 Å². The minimum absolute atomic E-state index is 0.00204. The first-order chi connectivity index (χ1) is 5.13. The summed E-state index contributed by atoms with van der Waals surface area (Å²) in [6.07, 6.45) is -3.20. The molecule has 0 unspecified atom stereocenters. The number of rotatable bonds is 5. The Hall–Kier alpha value is -0.870. The van der Waals surface area contributed by atoms with Gasteiger partial charge in [0.2, 0.25) is 6.43 Å². The van der Waals surface area contributed by atoms with Crippen LogP contribution in [-0.4, -0.2) is 24.3 Å². The molecule has 3 nitrogen and oxygen atoms in total. The fraction of sp³-hybridized carbons (Fsp3) is 0.833. The molecule has 0 aromatic heterocycles. The third kappa shape index (κ3) is 9.13. The van der Waals surface area contributed by atoms with Crippen molar-refractivity contribution >= 4 is 6.16 Å². The van der Waals surface area contributed by atoms with Crippen molar-refractivity contribution in [2.75, 3.05) is 6.61 Å². The lowest BCUT2D eigenvalue weighted by Crippen LogP contribution is -2.02. The van der Waals surface area contributed by atoms with E-state index in [0.717, 1.165) is 0 Å².